The van der Waals surface area contributed by atoms with Crippen molar-refractivity contribution >= 4 is 33.5 Å². The van der Waals surface area contributed by atoms with Crippen molar-refractivity contribution in [3.63, 3.8) is 0 Å². The van der Waals surface area contributed by atoms with Gasteiger partial charge in [0.05, 0.1) is 18.2 Å². The standard InChI is InChI=1S/C37H43BrO6/c1-23(2)16-18-37(19-17-24(3)4)26(7)20-31(42-8)33(35(37)40)34(39)32-28(10-9-11-30(32)43-21-25(5)6)22-44-36(41)27-12-14-29(38)15-13-27/h9-17,26H,5,18-22H2,1-4,6-8H3. The molecule has 0 radical (unpaired) electrons. The second-order valence-electron chi connectivity index (χ2n) is 12.0. The third-order valence-corrected chi connectivity index (χ3v) is 8.40. The van der Waals surface area contributed by atoms with Gasteiger partial charge in [0.25, 0.3) is 0 Å². The summed E-state index contributed by atoms with van der Waals surface area (Å²) in [5.41, 5.74) is 3.12. The Morgan fingerprint density at radius 3 is 2.16 bits per heavy atom. The monoisotopic (exact) mass is 662 g/mol. The molecule has 0 bridgehead atoms. The highest BCUT2D eigenvalue weighted by Gasteiger charge is 2.50. The maximum atomic E-state index is 14.7. The van der Waals surface area contributed by atoms with Crippen molar-refractivity contribution in [1.82, 2.24) is 0 Å². The van der Waals surface area contributed by atoms with Gasteiger partial charge in [-0.1, -0.05) is 64.9 Å². The number of allylic oxidation sites excluding steroid dienone is 6. The molecule has 0 spiro atoms. The molecule has 0 aromatic heterocycles. The lowest BCUT2D eigenvalue weighted by atomic mass is 9.61. The van der Waals surface area contributed by atoms with Gasteiger partial charge in [-0.3, -0.25) is 9.59 Å². The van der Waals surface area contributed by atoms with Gasteiger partial charge in [0.1, 0.15) is 30.3 Å². The summed E-state index contributed by atoms with van der Waals surface area (Å²) in [4.78, 5) is 42.2. The fourth-order valence-electron chi connectivity index (χ4n) is 5.25. The number of halogens is 1. The number of hydrogen-bond acceptors (Lipinski definition) is 6. The molecule has 0 amide bonds. The number of Topliss-reactive ketones (excluding diaryl/α,β-unsaturated/α-hetero) is 2. The molecule has 1 unspecified atom stereocenters. The van der Waals surface area contributed by atoms with Crippen LogP contribution in [-0.4, -0.2) is 31.3 Å². The molecule has 0 saturated carbocycles. The van der Waals surface area contributed by atoms with E-state index in [1.54, 1.807) is 42.5 Å². The van der Waals surface area contributed by atoms with Crippen LogP contribution in [0.1, 0.15) is 87.1 Å². The highest BCUT2D eigenvalue weighted by Crippen LogP contribution is 2.48. The summed E-state index contributed by atoms with van der Waals surface area (Å²) in [6.45, 7) is 15.8. The van der Waals surface area contributed by atoms with Crippen molar-refractivity contribution in [3.8, 4) is 5.75 Å². The molecule has 6 nitrogen and oxygen atoms in total. The predicted molar refractivity (Wildman–Crippen MR) is 178 cm³/mol. The molecule has 0 aliphatic heterocycles. The van der Waals surface area contributed by atoms with E-state index in [2.05, 4.69) is 34.7 Å². The lowest BCUT2D eigenvalue weighted by Crippen LogP contribution is -2.44. The minimum absolute atomic E-state index is 0.0155. The molecule has 0 heterocycles. The maximum absolute atomic E-state index is 14.7. The van der Waals surface area contributed by atoms with E-state index >= 15 is 0 Å². The molecule has 234 valence electrons. The Hall–Kier alpha value is -3.71. The first kappa shape index (κ1) is 34.8. The van der Waals surface area contributed by atoms with Gasteiger partial charge in [-0.05, 0) is 89.3 Å². The number of carbonyl (C=O) groups excluding carboxylic acids is 3. The molecule has 0 saturated heterocycles. The van der Waals surface area contributed by atoms with Gasteiger partial charge in [-0.15, -0.1) is 0 Å². The fourth-order valence-corrected chi connectivity index (χ4v) is 5.51. The van der Waals surface area contributed by atoms with E-state index in [0.717, 1.165) is 21.2 Å². The lowest BCUT2D eigenvalue weighted by Gasteiger charge is -2.41. The Labute approximate surface area is 270 Å². The van der Waals surface area contributed by atoms with Crippen molar-refractivity contribution in [2.75, 3.05) is 13.7 Å². The van der Waals surface area contributed by atoms with Crippen molar-refractivity contribution in [2.24, 2.45) is 11.3 Å². The van der Waals surface area contributed by atoms with Crippen LogP contribution >= 0.6 is 15.9 Å². The molecular formula is C37H43BrO6. The summed E-state index contributed by atoms with van der Waals surface area (Å²) in [5.74, 6) is -0.737. The van der Waals surface area contributed by atoms with Crippen LogP contribution in [0.3, 0.4) is 0 Å². The normalized spacial score (nSPS) is 15.7. The molecule has 2 aromatic carbocycles. The molecule has 2 aromatic rings. The Morgan fingerprint density at radius 1 is 1.00 bits per heavy atom. The highest BCUT2D eigenvalue weighted by atomic mass is 79.9. The number of ether oxygens (including phenoxy) is 3. The molecule has 1 aliphatic rings. The Kier molecular flexibility index (Phi) is 12.1. The number of esters is 1. The summed E-state index contributed by atoms with van der Waals surface area (Å²) < 4.78 is 18.3. The summed E-state index contributed by atoms with van der Waals surface area (Å²) in [6.07, 6.45) is 5.57. The van der Waals surface area contributed by atoms with E-state index in [1.807, 2.05) is 41.5 Å². The Bertz CT molecular complexity index is 1480. The number of carbonyl (C=O) groups is 3. The number of rotatable bonds is 13. The van der Waals surface area contributed by atoms with Crippen LogP contribution in [-0.2, 0) is 20.9 Å². The summed E-state index contributed by atoms with van der Waals surface area (Å²) in [6, 6.07) is 11.9. The molecule has 44 heavy (non-hydrogen) atoms. The van der Waals surface area contributed by atoms with Crippen LogP contribution in [0.25, 0.3) is 0 Å². The van der Waals surface area contributed by atoms with E-state index in [4.69, 9.17) is 14.2 Å². The SMILES string of the molecule is C=C(C)COc1cccc(COC(=O)c2ccc(Br)cc2)c1C(=O)C1=C(OC)CC(C)C(CC=C(C)C)(CC=C(C)C)C1=O. The third-order valence-electron chi connectivity index (χ3n) is 7.87. The van der Waals surface area contributed by atoms with Gasteiger partial charge < -0.3 is 14.2 Å². The number of benzene rings is 2. The van der Waals surface area contributed by atoms with Gasteiger partial charge in [-0.2, -0.15) is 0 Å². The number of hydrogen-bond donors (Lipinski definition) is 0. The topological polar surface area (TPSA) is 78.9 Å². The van der Waals surface area contributed by atoms with Gasteiger partial charge in [0.2, 0.25) is 5.78 Å². The average molecular weight is 664 g/mol. The smallest absolute Gasteiger partial charge is 0.338 e. The molecule has 0 fully saturated rings. The van der Waals surface area contributed by atoms with E-state index in [1.165, 1.54) is 7.11 Å². The third kappa shape index (κ3) is 8.26. The average Bonchev–Trinajstić information content (AvgIpc) is 2.98. The summed E-state index contributed by atoms with van der Waals surface area (Å²) >= 11 is 3.37. The second-order valence-corrected chi connectivity index (χ2v) is 12.9. The van der Waals surface area contributed by atoms with Gasteiger partial charge in [0, 0.05) is 21.9 Å². The molecule has 7 heteroatoms. The Balaban J connectivity index is 2.14. The molecule has 1 aliphatic carbocycles. The summed E-state index contributed by atoms with van der Waals surface area (Å²) in [5, 5.41) is 0. The van der Waals surface area contributed by atoms with E-state index < -0.39 is 17.2 Å². The molecular weight excluding hydrogens is 620 g/mol. The zero-order valence-corrected chi connectivity index (χ0v) is 28.4. The zero-order chi connectivity index (χ0) is 32.6. The van der Waals surface area contributed by atoms with Crippen molar-refractivity contribution < 1.29 is 28.6 Å². The van der Waals surface area contributed by atoms with Crippen LogP contribution in [0.5, 0.6) is 5.75 Å². The number of methoxy groups -OCH3 is 1. The summed E-state index contributed by atoms with van der Waals surface area (Å²) in [7, 11) is 1.49. The first-order valence-electron chi connectivity index (χ1n) is 14.8. The van der Waals surface area contributed by atoms with Crippen LogP contribution in [0.2, 0.25) is 0 Å². The Morgan fingerprint density at radius 2 is 1.61 bits per heavy atom. The van der Waals surface area contributed by atoms with Crippen molar-refractivity contribution in [1.29, 1.82) is 0 Å². The van der Waals surface area contributed by atoms with E-state index in [-0.39, 0.29) is 41.8 Å². The molecule has 0 N–H and O–H groups in total. The quantitative estimate of drug-likeness (QED) is 0.0921. The molecule has 3 rings (SSSR count). The van der Waals surface area contributed by atoms with E-state index in [9.17, 15) is 14.4 Å². The zero-order valence-electron chi connectivity index (χ0n) is 26.8. The van der Waals surface area contributed by atoms with Crippen molar-refractivity contribution in [3.05, 3.63) is 110 Å². The van der Waals surface area contributed by atoms with Gasteiger partial charge >= 0.3 is 5.97 Å². The largest absolute Gasteiger partial charge is 0.500 e. The van der Waals surface area contributed by atoms with Crippen LogP contribution in [0, 0.1) is 11.3 Å². The van der Waals surface area contributed by atoms with Gasteiger partial charge in [-0.25, -0.2) is 4.79 Å². The van der Waals surface area contributed by atoms with E-state index in [0.29, 0.717) is 36.1 Å². The lowest BCUT2D eigenvalue weighted by molar-refractivity contribution is -0.128. The highest BCUT2D eigenvalue weighted by molar-refractivity contribution is 9.10. The van der Waals surface area contributed by atoms with Crippen LogP contribution < -0.4 is 4.74 Å². The first-order chi connectivity index (χ1) is 20.8. The maximum Gasteiger partial charge on any atom is 0.338 e. The van der Waals surface area contributed by atoms with Gasteiger partial charge in [0.15, 0.2) is 5.78 Å². The fraction of sp³-hybridized carbons (Fsp3) is 0.378. The first-order valence-corrected chi connectivity index (χ1v) is 15.5. The minimum atomic E-state index is -0.830. The van der Waals surface area contributed by atoms with Crippen LogP contribution in [0.4, 0.5) is 0 Å². The second kappa shape index (κ2) is 15.3. The number of ketones is 2. The van der Waals surface area contributed by atoms with Crippen molar-refractivity contribution in [2.45, 2.75) is 67.4 Å². The minimum Gasteiger partial charge on any atom is -0.500 e. The molecule has 1 atom stereocenters. The van der Waals surface area contributed by atoms with Crippen LogP contribution in [0.15, 0.2) is 93.7 Å². The predicted octanol–water partition coefficient (Wildman–Crippen LogP) is 9.15.